The summed E-state index contributed by atoms with van der Waals surface area (Å²) in [6, 6.07) is 3.12. The van der Waals surface area contributed by atoms with E-state index in [-0.39, 0.29) is 5.57 Å². The monoisotopic (exact) mass is 293 g/mol. The number of halogens is 3. The number of anilines is 1. The second-order valence-electron chi connectivity index (χ2n) is 3.32. The standard InChI is InChI=1S/C11H10Cl3NO2/c1-6(11(16)17)2-3-15-10-5-8(13)7(12)4-9(10)14/h2,4-5,15H,3H2,1H3,(H,16,17)/b6-2-. The third kappa shape index (κ3) is 4.11. The van der Waals surface area contributed by atoms with Crippen LogP contribution in [0.2, 0.25) is 15.1 Å². The number of hydrogen-bond donors (Lipinski definition) is 2. The van der Waals surface area contributed by atoms with Crippen LogP contribution in [-0.2, 0) is 4.79 Å². The van der Waals surface area contributed by atoms with Gasteiger partial charge in [0.2, 0.25) is 0 Å². The Labute approximate surface area is 114 Å². The summed E-state index contributed by atoms with van der Waals surface area (Å²) >= 11 is 17.6. The number of hydrogen-bond acceptors (Lipinski definition) is 2. The Bertz CT molecular complexity index is 472. The van der Waals surface area contributed by atoms with E-state index in [0.717, 1.165) is 0 Å². The van der Waals surface area contributed by atoms with Gasteiger partial charge in [-0.1, -0.05) is 40.9 Å². The van der Waals surface area contributed by atoms with Crippen molar-refractivity contribution in [3.63, 3.8) is 0 Å². The SMILES string of the molecule is C/C(=C/CNc1cc(Cl)c(Cl)cc1Cl)C(=O)O. The average molecular weight is 295 g/mol. The molecule has 2 N–H and O–H groups in total. The van der Waals surface area contributed by atoms with Gasteiger partial charge in [0.1, 0.15) is 0 Å². The van der Waals surface area contributed by atoms with E-state index < -0.39 is 5.97 Å². The first-order valence-corrected chi connectivity index (χ1v) is 5.83. The fraction of sp³-hybridized carbons (Fsp3) is 0.182. The van der Waals surface area contributed by atoms with E-state index in [4.69, 9.17) is 39.9 Å². The lowest BCUT2D eigenvalue weighted by atomic mass is 10.2. The summed E-state index contributed by atoms with van der Waals surface area (Å²) in [6.07, 6.45) is 1.54. The number of carbonyl (C=O) groups is 1. The Morgan fingerprint density at radius 1 is 1.29 bits per heavy atom. The Hall–Kier alpha value is -0.900. The predicted octanol–water partition coefficient (Wildman–Crippen LogP) is 4.09. The van der Waals surface area contributed by atoms with Crippen LogP contribution in [0.25, 0.3) is 0 Å². The first-order chi connectivity index (χ1) is 7.91. The quantitative estimate of drug-likeness (QED) is 0.649. The van der Waals surface area contributed by atoms with Crippen molar-refractivity contribution in [2.24, 2.45) is 0 Å². The molecule has 0 aliphatic carbocycles. The molecular weight excluding hydrogens is 284 g/mol. The molecule has 1 rings (SSSR count). The Morgan fingerprint density at radius 3 is 2.47 bits per heavy atom. The molecular formula is C11H10Cl3NO2. The zero-order chi connectivity index (χ0) is 13.0. The second-order valence-corrected chi connectivity index (χ2v) is 4.54. The van der Waals surface area contributed by atoms with Crippen LogP contribution in [0.4, 0.5) is 5.69 Å². The highest BCUT2D eigenvalue weighted by Gasteiger charge is 2.05. The molecule has 0 aliphatic rings. The molecule has 0 bridgehead atoms. The van der Waals surface area contributed by atoms with Crippen molar-refractivity contribution in [1.29, 1.82) is 0 Å². The first-order valence-electron chi connectivity index (χ1n) is 4.70. The maximum absolute atomic E-state index is 10.5. The fourth-order valence-corrected chi connectivity index (χ4v) is 1.67. The molecule has 0 fully saturated rings. The van der Waals surface area contributed by atoms with Crippen LogP contribution < -0.4 is 5.32 Å². The molecule has 0 aliphatic heterocycles. The van der Waals surface area contributed by atoms with Crippen LogP contribution in [0.1, 0.15) is 6.92 Å². The molecule has 0 spiro atoms. The van der Waals surface area contributed by atoms with Crippen LogP contribution in [0.5, 0.6) is 0 Å². The Balaban J connectivity index is 2.74. The minimum Gasteiger partial charge on any atom is -0.478 e. The first kappa shape index (κ1) is 14.2. The highest BCUT2D eigenvalue weighted by Crippen LogP contribution is 2.32. The zero-order valence-electron chi connectivity index (χ0n) is 8.93. The van der Waals surface area contributed by atoms with Gasteiger partial charge in [-0.2, -0.15) is 0 Å². The summed E-state index contributed by atoms with van der Waals surface area (Å²) in [7, 11) is 0. The van der Waals surface area contributed by atoms with Crippen LogP contribution >= 0.6 is 34.8 Å². The minimum atomic E-state index is -0.952. The number of carboxylic acid groups (broad SMARTS) is 1. The summed E-state index contributed by atoms with van der Waals surface area (Å²) in [5.41, 5.74) is 0.865. The predicted molar refractivity (Wildman–Crippen MR) is 71.4 cm³/mol. The molecule has 0 aromatic heterocycles. The van der Waals surface area contributed by atoms with Gasteiger partial charge in [-0.3, -0.25) is 0 Å². The molecule has 0 unspecified atom stereocenters. The van der Waals surface area contributed by atoms with Gasteiger partial charge in [-0.15, -0.1) is 0 Å². The minimum absolute atomic E-state index is 0.258. The van der Waals surface area contributed by atoms with Crippen molar-refractivity contribution >= 4 is 46.5 Å². The summed E-state index contributed by atoms with van der Waals surface area (Å²) in [4.78, 5) is 10.5. The van der Waals surface area contributed by atoms with Gasteiger partial charge in [0, 0.05) is 12.1 Å². The van der Waals surface area contributed by atoms with Gasteiger partial charge in [0.05, 0.1) is 20.8 Å². The molecule has 0 saturated heterocycles. The van der Waals surface area contributed by atoms with Crippen LogP contribution in [0.15, 0.2) is 23.8 Å². The summed E-state index contributed by atoms with van der Waals surface area (Å²) in [5, 5.41) is 12.8. The summed E-state index contributed by atoms with van der Waals surface area (Å²) < 4.78 is 0. The molecule has 0 radical (unpaired) electrons. The maximum atomic E-state index is 10.5. The van der Waals surface area contributed by atoms with Crippen LogP contribution in [0, 0.1) is 0 Å². The second kappa shape index (κ2) is 6.15. The zero-order valence-corrected chi connectivity index (χ0v) is 11.2. The smallest absolute Gasteiger partial charge is 0.331 e. The van der Waals surface area contributed by atoms with Crippen LogP contribution in [0.3, 0.4) is 0 Å². The summed E-state index contributed by atoms with van der Waals surface area (Å²) in [6.45, 7) is 1.86. The van der Waals surface area contributed by atoms with E-state index in [9.17, 15) is 4.79 Å². The van der Waals surface area contributed by atoms with Gasteiger partial charge in [-0.05, 0) is 19.1 Å². The highest BCUT2D eigenvalue weighted by atomic mass is 35.5. The van der Waals surface area contributed by atoms with Crippen molar-refractivity contribution < 1.29 is 9.90 Å². The molecule has 0 atom stereocenters. The van der Waals surface area contributed by atoms with Crippen molar-refractivity contribution in [3.8, 4) is 0 Å². The van der Waals surface area contributed by atoms with Crippen molar-refractivity contribution in [2.45, 2.75) is 6.92 Å². The Morgan fingerprint density at radius 2 is 1.88 bits per heavy atom. The van der Waals surface area contributed by atoms with Crippen molar-refractivity contribution in [2.75, 3.05) is 11.9 Å². The molecule has 0 saturated carbocycles. The van der Waals surface area contributed by atoms with Gasteiger partial charge in [-0.25, -0.2) is 4.79 Å². The van der Waals surface area contributed by atoms with E-state index in [1.165, 1.54) is 13.0 Å². The number of carboxylic acids is 1. The van der Waals surface area contributed by atoms with Gasteiger partial charge < -0.3 is 10.4 Å². The molecule has 3 nitrogen and oxygen atoms in total. The third-order valence-corrected chi connectivity index (χ3v) is 3.08. The van der Waals surface area contributed by atoms with E-state index >= 15 is 0 Å². The van der Waals surface area contributed by atoms with Crippen molar-refractivity contribution in [3.05, 3.63) is 38.8 Å². The average Bonchev–Trinajstić information content (AvgIpc) is 2.25. The molecule has 1 aromatic rings. The van der Waals surface area contributed by atoms with Gasteiger partial charge in [0.25, 0.3) is 0 Å². The number of aliphatic carboxylic acids is 1. The molecule has 1 aromatic carbocycles. The number of nitrogens with one attached hydrogen (secondary N) is 1. The molecule has 17 heavy (non-hydrogen) atoms. The van der Waals surface area contributed by atoms with Gasteiger partial charge in [0.15, 0.2) is 0 Å². The van der Waals surface area contributed by atoms with E-state index in [1.54, 1.807) is 12.1 Å². The van der Waals surface area contributed by atoms with E-state index in [0.29, 0.717) is 27.3 Å². The highest BCUT2D eigenvalue weighted by molar-refractivity contribution is 6.44. The summed E-state index contributed by atoms with van der Waals surface area (Å²) in [5.74, 6) is -0.952. The molecule has 6 heteroatoms. The number of benzene rings is 1. The lowest BCUT2D eigenvalue weighted by molar-refractivity contribution is -0.132. The molecule has 92 valence electrons. The number of rotatable bonds is 4. The van der Waals surface area contributed by atoms with Crippen LogP contribution in [-0.4, -0.2) is 17.6 Å². The lowest BCUT2D eigenvalue weighted by Crippen LogP contribution is -2.03. The van der Waals surface area contributed by atoms with E-state index in [1.807, 2.05) is 0 Å². The lowest BCUT2D eigenvalue weighted by Gasteiger charge is -2.08. The topological polar surface area (TPSA) is 49.3 Å². The third-order valence-electron chi connectivity index (χ3n) is 2.05. The molecule has 0 heterocycles. The van der Waals surface area contributed by atoms with Crippen molar-refractivity contribution in [1.82, 2.24) is 0 Å². The molecule has 0 amide bonds. The van der Waals surface area contributed by atoms with E-state index in [2.05, 4.69) is 5.32 Å². The fourth-order valence-electron chi connectivity index (χ4n) is 1.06. The Kier molecular flexibility index (Phi) is 5.12. The maximum Gasteiger partial charge on any atom is 0.331 e. The largest absolute Gasteiger partial charge is 0.478 e. The van der Waals surface area contributed by atoms with Gasteiger partial charge >= 0.3 is 5.97 Å². The normalized spacial score (nSPS) is 11.4.